The minimum absolute atomic E-state index is 0.0324. The number of rotatable bonds is 1. The molecule has 3 N–H and O–H groups in total. The fraction of sp³-hybridized carbons (Fsp3) is 0.812. The maximum absolute atomic E-state index is 13.0. The Kier molecular flexibility index (Phi) is 1.99. The molecule has 3 fully saturated rings. The van der Waals surface area contributed by atoms with Gasteiger partial charge in [0.05, 0.1) is 18.1 Å². The quantitative estimate of drug-likeness (QED) is 0.620. The predicted molar refractivity (Wildman–Crippen MR) is 71.7 cm³/mol. The highest BCUT2D eigenvalue weighted by atomic mass is 16.3. The number of aliphatic hydroxyl groups is 3. The molecule has 0 aromatic heterocycles. The predicted octanol–water partition coefficient (Wildman–Crippen LogP) is 0.796. The zero-order valence-electron chi connectivity index (χ0n) is 12.2. The van der Waals surface area contributed by atoms with Crippen LogP contribution in [0, 0.1) is 22.2 Å². The fourth-order valence-corrected chi connectivity index (χ4v) is 5.49. The van der Waals surface area contributed by atoms with Gasteiger partial charge in [0.15, 0.2) is 5.78 Å². The highest BCUT2D eigenvalue weighted by molar-refractivity contribution is 6.02. The van der Waals surface area contributed by atoms with Gasteiger partial charge in [-0.25, -0.2) is 0 Å². The van der Waals surface area contributed by atoms with Gasteiger partial charge in [-0.1, -0.05) is 12.5 Å². The second-order valence-corrected chi connectivity index (χ2v) is 7.82. The summed E-state index contributed by atoms with van der Waals surface area (Å²) in [7, 11) is 0. The summed E-state index contributed by atoms with van der Waals surface area (Å²) >= 11 is 0. The summed E-state index contributed by atoms with van der Waals surface area (Å²) in [5.74, 6) is -0.153. The summed E-state index contributed by atoms with van der Waals surface area (Å²) in [5.41, 5.74) is -1.29. The monoisotopic (exact) mass is 278 g/mol. The summed E-state index contributed by atoms with van der Waals surface area (Å²) in [5, 5.41) is 31.3. The van der Waals surface area contributed by atoms with Gasteiger partial charge in [0.25, 0.3) is 0 Å². The first-order chi connectivity index (χ1) is 9.20. The zero-order chi connectivity index (χ0) is 14.7. The lowest BCUT2D eigenvalue weighted by molar-refractivity contribution is -0.148. The number of ketones is 1. The molecule has 0 aromatic carbocycles. The van der Waals surface area contributed by atoms with Crippen molar-refractivity contribution in [3.8, 4) is 0 Å². The lowest BCUT2D eigenvalue weighted by Crippen LogP contribution is -2.54. The van der Waals surface area contributed by atoms with Crippen molar-refractivity contribution >= 4 is 5.78 Å². The first kappa shape index (κ1) is 13.0. The average molecular weight is 278 g/mol. The van der Waals surface area contributed by atoms with E-state index in [2.05, 4.69) is 0 Å². The molecular formula is C16H22O4. The molecule has 0 heterocycles. The molecule has 2 spiro atoms. The second kappa shape index (κ2) is 3.06. The van der Waals surface area contributed by atoms with Crippen LogP contribution in [0.15, 0.2) is 11.1 Å². The molecule has 4 rings (SSSR count). The molecule has 4 nitrogen and oxygen atoms in total. The Hall–Kier alpha value is -0.710. The third kappa shape index (κ3) is 0.956. The van der Waals surface area contributed by atoms with Gasteiger partial charge in [0.2, 0.25) is 0 Å². The normalized spacial score (nSPS) is 55.0. The van der Waals surface area contributed by atoms with E-state index in [1.54, 1.807) is 6.92 Å². The van der Waals surface area contributed by atoms with Crippen LogP contribution in [-0.2, 0) is 4.79 Å². The van der Waals surface area contributed by atoms with Crippen LogP contribution in [0.2, 0.25) is 0 Å². The van der Waals surface area contributed by atoms with Gasteiger partial charge in [0.1, 0.15) is 5.60 Å². The molecule has 4 aliphatic rings. The van der Waals surface area contributed by atoms with Gasteiger partial charge >= 0.3 is 0 Å². The van der Waals surface area contributed by atoms with Gasteiger partial charge < -0.3 is 15.3 Å². The third-order valence-electron chi connectivity index (χ3n) is 7.13. The first-order valence-electron chi connectivity index (χ1n) is 7.48. The molecule has 110 valence electrons. The SMILES string of the molecule is CC1=C2C(O)C(C)(CO)C3CC23C(=O)C(C)(O)C12CC2. The van der Waals surface area contributed by atoms with E-state index in [9.17, 15) is 20.1 Å². The minimum atomic E-state index is -1.32. The van der Waals surface area contributed by atoms with E-state index < -0.39 is 27.9 Å². The van der Waals surface area contributed by atoms with Crippen LogP contribution in [-0.4, -0.2) is 39.4 Å². The number of carbonyl (C=O) groups is 1. The van der Waals surface area contributed by atoms with Crippen molar-refractivity contribution in [3.05, 3.63) is 11.1 Å². The van der Waals surface area contributed by atoms with Crippen molar-refractivity contribution in [1.82, 2.24) is 0 Å². The van der Waals surface area contributed by atoms with Gasteiger partial charge in [-0.15, -0.1) is 0 Å². The Bertz CT molecular complexity index is 571. The number of Topliss-reactive ketones (excluding diaryl/α,β-unsaturated/α-hetero) is 1. The largest absolute Gasteiger partial charge is 0.396 e. The van der Waals surface area contributed by atoms with Crippen molar-refractivity contribution in [2.24, 2.45) is 22.2 Å². The standard InChI is InChI=1S/C16H22O4/c1-8-10-11(18)13(2,7-17)9-6-16(9,10)12(19)14(3,20)15(8)4-5-15/h9,11,17-18,20H,4-7H2,1-3H3. The molecule has 5 unspecified atom stereocenters. The Morgan fingerprint density at radius 3 is 2.40 bits per heavy atom. The molecule has 20 heavy (non-hydrogen) atoms. The Balaban J connectivity index is 1.98. The highest BCUT2D eigenvalue weighted by Crippen LogP contribution is 2.80. The maximum Gasteiger partial charge on any atom is 0.175 e. The molecule has 0 saturated heterocycles. The highest BCUT2D eigenvalue weighted by Gasteiger charge is 2.83. The van der Waals surface area contributed by atoms with Crippen molar-refractivity contribution in [2.75, 3.05) is 6.61 Å². The van der Waals surface area contributed by atoms with E-state index in [4.69, 9.17) is 0 Å². The molecule has 3 saturated carbocycles. The second-order valence-electron chi connectivity index (χ2n) is 7.82. The Morgan fingerprint density at radius 2 is 1.90 bits per heavy atom. The van der Waals surface area contributed by atoms with E-state index in [1.165, 1.54) is 0 Å². The fourth-order valence-electron chi connectivity index (χ4n) is 5.49. The molecule has 0 aromatic rings. The van der Waals surface area contributed by atoms with Gasteiger partial charge in [-0.2, -0.15) is 0 Å². The van der Waals surface area contributed by atoms with Crippen molar-refractivity contribution in [1.29, 1.82) is 0 Å². The summed E-state index contributed by atoms with van der Waals surface area (Å²) in [6.45, 7) is 5.34. The summed E-state index contributed by atoms with van der Waals surface area (Å²) in [6, 6.07) is 0. The first-order valence-corrected chi connectivity index (χ1v) is 7.48. The number of carbonyl (C=O) groups excluding carboxylic acids is 1. The minimum Gasteiger partial charge on any atom is -0.396 e. The van der Waals surface area contributed by atoms with Gasteiger partial charge in [0, 0.05) is 10.8 Å². The molecule has 4 heteroatoms. The van der Waals surface area contributed by atoms with Crippen molar-refractivity contribution < 1.29 is 20.1 Å². The molecule has 0 aliphatic heterocycles. The third-order valence-corrected chi connectivity index (χ3v) is 7.13. The average Bonchev–Trinajstić information content (AvgIpc) is 3.28. The molecule has 0 radical (unpaired) electrons. The van der Waals surface area contributed by atoms with E-state index in [1.807, 2.05) is 13.8 Å². The smallest absolute Gasteiger partial charge is 0.175 e. The number of hydrogen-bond acceptors (Lipinski definition) is 4. The van der Waals surface area contributed by atoms with Crippen LogP contribution in [0.4, 0.5) is 0 Å². The van der Waals surface area contributed by atoms with Crippen LogP contribution in [0.1, 0.15) is 40.0 Å². The lowest BCUT2D eigenvalue weighted by atomic mass is 9.63. The van der Waals surface area contributed by atoms with Crippen LogP contribution >= 0.6 is 0 Å². The van der Waals surface area contributed by atoms with E-state index in [-0.39, 0.29) is 18.3 Å². The van der Waals surface area contributed by atoms with E-state index in [0.717, 1.165) is 24.0 Å². The molecule has 0 bridgehead atoms. The van der Waals surface area contributed by atoms with Crippen LogP contribution < -0.4 is 0 Å². The summed E-state index contributed by atoms with van der Waals surface area (Å²) in [6.07, 6.45) is 1.52. The van der Waals surface area contributed by atoms with Crippen LogP contribution in [0.5, 0.6) is 0 Å². The number of hydrogen-bond donors (Lipinski definition) is 3. The molecule has 5 atom stereocenters. The van der Waals surface area contributed by atoms with E-state index in [0.29, 0.717) is 6.42 Å². The maximum atomic E-state index is 13.0. The van der Waals surface area contributed by atoms with E-state index >= 15 is 0 Å². The Morgan fingerprint density at radius 1 is 1.30 bits per heavy atom. The number of aliphatic hydroxyl groups excluding tert-OH is 2. The molecular weight excluding hydrogens is 256 g/mol. The Labute approximate surface area is 118 Å². The van der Waals surface area contributed by atoms with Crippen molar-refractivity contribution in [2.45, 2.75) is 51.7 Å². The topological polar surface area (TPSA) is 77.8 Å². The van der Waals surface area contributed by atoms with Gasteiger partial charge in [-0.3, -0.25) is 4.79 Å². The summed E-state index contributed by atoms with van der Waals surface area (Å²) < 4.78 is 0. The van der Waals surface area contributed by atoms with Crippen LogP contribution in [0.25, 0.3) is 0 Å². The van der Waals surface area contributed by atoms with Crippen molar-refractivity contribution in [3.63, 3.8) is 0 Å². The van der Waals surface area contributed by atoms with Gasteiger partial charge in [-0.05, 0) is 44.6 Å². The molecule has 4 aliphatic carbocycles. The zero-order valence-corrected chi connectivity index (χ0v) is 12.2. The summed E-state index contributed by atoms with van der Waals surface area (Å²) in [4.78, 5) is 13.0. The molecule has 0 amide bonds. The van der Waals surface area contributed by atoms with Crippen LogP contribution in [0.3, 0.4) is 0 Å². The lowest BCUT2D eigenvalue weighted by Gasteiger charge is -2.43.